The minimum Gasteiger partial charge on any atom is -0.382 e. The normalized spacial score (nSPS) is 19.9. The first-order valence-electron chi connectivity index (χ1n) is 5.12. The van der Waals surface area contributed by atoms with Gasteiger partial charge in [0.15, 0.2) is 0 Å². The minimum atomic E-state index is 0.0819. The Balaban J connectivity index is 2.35. The fourth-order valence-electron chi connectivity index (χ4n) is 1.72. The number of likely N-dealkylation sites (tertiary alicyclic amines) is 1. The van der Waals surface area contributed by atoms with Gasteiger partial charge < -0.3 is 14.4 Å². The van der Waals surface area contributed by atoms with Crippen LogP contribution in [-0.2, 0) is 9.47 Å². The van der Waals surface area contributed by atoms with E-state index in [1.807, 2.05) is 0 Å². The second kappa shape index (κ2) is 5.98. The van der Waals surface area contributed by atoms with Gasteiger partial charge >= 0.3 is 0 Å². The van der Waals surface area contributed by atoms with Gasteiger partial charge in [-0.2, -0.15) is 0 Å². The molecule has 0 amide bonds. The lowest BCUT2D eigenvalue weighted by Gasteiger charge is -2.31. The Hall–Kier alpha value is -0.610. The van der Waals surface area contributed by atoms with Gasteiger partial charge in [-0.3, -0.25) is 5.41 Å². The number of ether oxygens (including phenoxy) is 2. The molecular weight excluding hydrogens is 180 g/mol. The predicted octanol–water partition coefficient (Wildman–Crippen LogP) is 1.11. The number of methoxy groups -OCH3 is 2. The molecule has 0 aromatic heterocycles. The van der Waals surface area contributed by atoms with Crippen LogP contribution in [0.4, 0.5) is 0 Å². The third kappa shape index (κ3) is 3.27. The van der Waals surface area contributed by atoms with Gasteiger partial charge in [-0.1, -0.05) is 0 Å². The van der Waals surface area contributed by atoms with Crippen molar-refractivity contribution in [1.82, 2.24) is 4.90 Å². The molecule has 1 aliphatic rings. The molecule has 0 aliphatic carbocycles. The van der Waals surface area contributed by atoms with Crippen LogP contribution in [0.1, 0.15) is 19.3 Å². The molecule has 0 aromatic carbocycles. The highest BCUT2D eigenvalue weighted by atomic mass is 16.5. The lowest BCUT2D eigenvalue weighted by atomic mass is 10.1. The molecule has 1 saturated heterocycles. The first-order valence-corrected chi connectivity index (χ1v) is 5.12. The van der Waals surface area contributed by atoms with Crippen LogP contribution in [0.25, 0.3) is 0 Å². The van der Waals surface area contributed by atoms with Crippen molar-refractivity contribution in [3.8, 4) is 0 Å². The average Bonchev–Trinajstić information content (AvgIpc) is 2.20. The molecule has 14 heavy (non-hydrogen) atoms. The van der Waals surface area contributed by atoms with Crippen LogP contribution < -0.4 is 0 Å². The largest absolute Gasteiger partial charge is 0.382 e. The summed E-state index contributed by atoms with van der Waals surface area (Å²) in [4.78, 5) is 2.09. The summed E-state index contributed by atoms with van der Waals surface area (Å²) in [7, 11) is 3.37. The fourth-order valence-corrected chi connectivity index (χ4v) is 1.72. The van der Waals surface area contributed by atoms with E-state index in [1.54, 1.807) is 14.2 Å². The molecule has 82 valence electrons. The van der Waals surface area contributed by atoms with Crippen LogP contribution in [0.2, 0.25) is 0 Å². The van der Waals surface area contributed by atoms with Crippen LogP contribution in [0, 0.1) is 5.41 Å². The van der Waals surface area contributed by atoms with Crippen molar-refractivity contribution in [2.75, 3.05) is 33.9 Å². The van der Waals surface area contributed by atoms with E-state index in [-0.39, 0.29) is 6.10 Å². The van der Waals surface area contributed by atoms with Crippen molar-refractivity contribution >= 4 is 5.84 Å². The SMILES string of the molecule is COCC(CN1CCCCC1=N)OC. The molecule has 1 aliphatic heterocycles. The van der Waals surface area contributed by atoms with E-state index in [2.05, 4.69) is 4.90 Å². The molecule has 0 saturated carbocycles. The average molecular weight is 200 g/mol. The van der Waals surface area contributed by atoms with Gasteiger partial charge in [-0.15, -0.1) is 0 Å². The van der Waals surface area contributed by atoms with Crippen LogP contribution >= 0.6 is 0 Å². The predicted molar refractivity (Wildman–Crippen MR) is 55.8 cm³/mol. The van der Waals surface area contributed by atoms with Crippen molar-refractivity contribution < 1.29 is 9.47 Å². The van der Waals surface area contributed by atoms with Crippen LogP contribution in [0.3, 0.4) is 0 Å². The second-order valence-electron chi connectivity index (χ2n) is 3.66. The maximum Gasteiger partial charge on any atom is 0.0979 e. The third-order valence-corrected chi connectivity index (χ3v) is 2.58. The van der Waals surface area contributed by atoms with Crippen molar-refractivity contribution in [3.63, 3.8) is 0 Å². The van der Waals surface area contributed by atoms with E-state index in [0.29, 0.717) is 6.61 Å². The van der Waals surface area contributed by atoms with E-state index >= 15 is 0 Å². The first-order chi connectivity index (χ1) is 6.77. The minimum absolute atomic E-state index is 0.0819. The van der Waals surface area contributed by atoms with Gasteiger partial charge in [0.25, 0.3) is 0 Å². The lowest BCUT2D eigenvalue weighted by Crippen LogP contribution is -2.42. The second-order valence-corrected chi connectivity index (χ2v) is 3.66. The highest BCUT2D eigenvalue weighted by Gasteiger charge is 2.18. The number of amidine groups is 1. The molecule has 0 radical (unpaired) electrons. The topological polar surface area (TPSA) is 45.5 Å². The van der Waals surface area contributed by atoms with E-state index < -0.39 is 0 Å². The number of hydrogen-bond donors (Lipinski definition) is 1. The summed E-state index contributed by atoms with van der Waals surface area (Å²) in [6.07, 6.45) is 3.32. The zero-order valence-electron chi connectivity index (χ0n) is 9.08. The molecule has 4 nitrogen and oxygen atoms in total. The third-order valence-electron chi connectivity index (χ3n) is 2.58. The molecule has 1 rings (SSSR count). The monoisotopic (exact) mass is 200 g/mol. The zero-order chi connectivity index (χ0) is 10.4. The molecule has 0 bridgehead atoms. The molecule has 0 spiro atoms. The van der Waals surface area contributed by atoms with Crippen molar-refractivity contribution in [1.29, 1.82) is 5.41 Å². The number of piperidine rings is 1. The standard InChI is InChI=1S/C10H20N2O2/c1-13-8-9(14-2)7-12-6-4-3-5-10(12)11/h9,11H,3-8H2,1-2H3. The molecule has 4 heteroatoms. The number of nitrogens with zero attached hydrogens (tertiary/aromatic N) is 1. The summed E-state index contributed by atoms with van der Waals surface area (Å²) in [6, 6.07) is 0. The fraction of sp³-hybridized carbons (Fsp3) is 0.900. The Bertz CT molecular complexity index is 185. The van der Waals surface area contributed by atoms with Crippen LogP contribution in [0.5, 0.6) is 0 Å². The lowest BCUT2D eigenvalue weighted by molar-refractivity contribution is 0.0152. The first kappa shape index (κ1) is 11.5. The van der Waals surface area contributed by atoms with Gasteiger partial charge in [0.05, 0.1) is 18.5 Å². The summed E-state index contributed by atoms with van der Waals surface area (Å²) in [5.41, 5.74) is 0. The zero-order valence-corrected chi connectivity index (χ0v) is 9.08. The number of hydrogen-bond acceptors (Lipinski definition) is 3. The quantitative estimate of drug-likeness (QED) is 0.723. The molecular formula is C10H20N2O2. The van der Waals surface area contributed by atoms with Gasteiger partial charge in [-0.05, 0) is 12.8 Å². The maximum absolute atomic E-state index is 7.78. The van der Waals surface area contributed by atoms with Gasteiger partial charge in [-0.25, -0.2) is 0 Å². The maximum atomic E-state index is 7.78. The Kier molecular flexibility index (Phi) is 4.90. The summed E-state index contributed by atoms with van der Waals surface area (Å²) in [5.74, 6) is 0.745. The summed E-state index contributed by atoms with van der Waals surface area (Å²) >= 11 is 0. The molecule has 1 unspecified atom stereocenters. The van der Waals surface area contributed by atoms with E-state index in [1.165, 1.54) is 6.42 Å². The summed E-state index contributed by atoms with van der Waals surface area (Å²) < 4.78 is 10.3. The smallest absolute Gasteiger partial charge is 0.0979 e. The van der Waals surface area contributed by atoms with E-state index in [4.69, 9.17) is 14.9 Å². The molecule has 1 heterocycles. The van der Waals surface area contributed by atoms with Gasteiger partial charge in [0.2, 0.25) is 0 Å². The molecule has 0 aromatic rings. The molecule has 1 N–H and O–H groups in total. The van der Waals surface area contributed by atoms with Crippen molar-refractivity contribution in [3.05, 3.63) is 0 Å². The number of rotatable bonds is 5. The number of nitrogens with one attached hydrogen (secondary N) is 1. The highest BCUT2D eigenvalue weighted by molar-refractivity contribution is 5.79. The van der Waals surface area contributed by atoms with Crippen molar-refractivity contribution in [2.24, 2.45) is 0 Å². The van der Waals surface area contributed by atoms with Crippen LogP contribution in [-0.4, -0.2) is 50.8 Å². The highest BCUT2D eigenvalue weighted by Crippen LogP contribution is 2.11. The van der Waals surface area contributed by atoms with E-state index in [0.717, 1.165) is 31.8 Å². The molecule has 1 atom stereocenters. The van der Waals surface area contributed by atoms with Crippen molar-refractivity contribution in [2.45, 2.75) is 25.4 Å². The van der Waals surface area contributed by atoms with Gasteiger partial charge in [0, 0.05) is 33.7 Å². The van der Waals surface area contributed by atoms with Crippen LogP contribution in [0.15, 0.2) is 0 Å². The summed E-state index contributed by atoms with van der Waals surface area (Å²) in [6.45, 7) is 2.37. The Morgan fingerprint density at radius 3 is 2.79 bits per heavy atom. The van der Waals surface area contributed by atoms with E-state index in [9.17, 15) is 0 Å². The van der Waals surface area contributed by atoms with Gasteiger partial charge in [0.1, 0.15) is 0 Å². The molecule has 1 fully saturated rings. The Morgan fingerprint density at radius 2 is 2.21 bits per heavy atom. The Labute approximate surface area is 85.7 Å². The summed E-state index contributed by atoms with van der Waals surface area (Å²) in [5, 5.41) is 7.78. The Morgan fingerprint density at radius 1 is 1.43 bits per heavy atom.